The maximum absolute atomic E-state index is 12.8. The van der Waals surface area contributed by atoms with Crippen molar-refractivity contribution in [2.75, 3.05) is 23.3 Å². The smallest absolute Gasteiger partial charge is 0.274 e. The quantitative estimate of drug-likeness (QED) is 0.748. The number of hydrogen-bond acceptors (Lipinski definition) is 6. The molecule has 0 atom stereocenters. The van der Waals surface area contributed by atoms with Crippen LogP contribution in [0.2, 0.25) is 0 Å². The molecule has 0 aliphatic carbocycles. The molecule has 1 saturated heterocycles. The molecule has 1 N–H and O–H groups in total. The first-order valence-corrected chi connectivity index (χ1v) is 9.90. The minimum atomic E-state index is -0.212. The van der Waals surface area contributed by atoms with Crippen LogP contribution in [-0.4, -0.2) is 38.7 Å². The molecule has 0 spiro atoms. The van der Waals surface area contributed by atoms with Crippen LogP contribution in [0.5, 0.6) is 0 Å². The van der Waals surface area contributed by atoms with E-state index in [9.17, 15) is 4.79 Å². The first-order valence-electron chi connectivity index (χ1n) is 9.02. The highest BCUT2D eigenvalue weighted by atomic mass is 32.1. The number of carbonyl (C=O) groups is 1. The van der Waals surface area contributed by atoms with Crippen molar-refractivity contribution in [1.29, 1.82) is 0 Å². The van der Waals surface area contributed by atoms with Gasteiger partial charge in [-0.15, -0.1) is 11.3 Å². The molecule has 0 radical (unpaired) electrons. The van der Waals surface area contributed by atoms with Crippen LogP contribution in [0.15, 0.2) is 23.6 Å². The normalized spacial score (nSPS) is 14.0. The first-order chi connectivity index (χ1) is 13.0. The summed E-state index contributed by atoms with van der Waals surface area (Å²) < 4.78 is 1.61. The van der Waals surface area contributed by atoms with Gasteiger partial charge in [-0.05, 0) is 44.2 Å². The maximum Gasteiger partial charge on any atom is 0.274 e. The summed E-state index contributed by atoms with van der Waals surface area (Å²) >= 11 is 1.60. The van der Waals surface area contributed by atoms with E-state index in [2.05, 4.69) is 25.3 Å². The van der Waals surface area contributed by atoms with Gasteiger partial charge in [0.25, 0.3) is 5.91 Å². The number of nitrogens with one attached hydrogen (secondary N) is 1. The van der Waals surface area contributed by atoms with Crippen molar-refractivity contribution in [1.82, 2.24) is 19.7 Å². The first kappa shape index (κ1) is 17.7. The van der Waals surface area contributed by atoms with E-state index in [1.165, 1.54) is 12.8 Å². The van der Waals surface area contributed by atoms with Crippen LogP contribution in [0.1, 0.15) is 34.7 Å². The second kappa shape index (κ2) is 7.11. The number of amides is 1. The third-order valence-corrected chi connectivity index (χ3v) is 5.66. The molecule has 27 heavy (non-hydrogen) atoms. The Kier molecular flexibility index (Phi) is 4.65. The third-order valence-electron chi connectivity index (χ3n) is 4.77. The lowest BCUT2D eigenvalue weighted by molar-refractivity contribution is 0.101. The van der Waals surface area contributed by atoms with Crippen molar-refractivity contribution in [3.8, 4) is 10.6 Å². The van der Waals surface area contributed by atoms with E-state index in [0.29, 0.717) is 11.4 Å². The lowest BCUT2D eigenvalue weighted by Crippen LogP contribution is -2.23. The summed E-state index contributed by atoms with van der Waals surface area (Å²) in [5, 5.41) is 9.42. The van der Waals surface area contributed by atoms with Crippen LogP contribution >= 0.6 is 11.3 Å². The van der Waals surface area contributed by atoms with Gasteiger partial charge < -0.3 is 10.2 Å². The minimum Gasteiger partial charge on any atom is -0.341 e. The second-order valence-corrected chi connectivity index (χ2v) is 7.68. The molecular weight excluding hydrogens is 360 g/mol. The SMILES string of the molecule is Cc1nc(N2CCCC2)nc(C)c1NC(=O)c1cc(-c2cccs2)nn1C. The monoisotopic (exact) mass is 382 g/mol. The van der Waals surface area contributed by atoms with Gasteiger partial charge >= 0.3 is 0 Å². The Balaban J connectivity index is 1.58. The molecule has 0 saturated carbocycles. The van der Waals surface area contributed by atoms with Crippen molar-refractivity contribution in [2.24, 2.45) is 7.05 Å². The summed E-state index contributed by atoms with van der Waals surface area (Å²) in [7, 11) is 1.78. The highest BCUT2D eigenvalue weighted by molar-refractivity contribution is 7.13. The van der Waals surface area contributed by atoms with Crippen LogP contribution in [0.4, 0.5) is 11.6 Å². The second-order valence-electron chi connectivity index (χ2n) is 6.73. The molecule has 4 rings (SSSR count). The molecule has 3 aromatic heterocycles. The van der Waals surface area contributed by atoms with Gasteiger partial charge in [-0.3, -0.25) is 9.48 Å². The minimum absolute atomic E-state index is 0.212. The Hall–Kier alpha value is -2.74. The largest absolute Gasteiger partial charge is 0.341 e. The van der Waals surface area contributed by atoms with E-state index in [1.807, 2.05) is 37.4 Å². The van der Waals surface area contributed by atoms with Crippen LogP contribution in [0.25, 0.3) is 10.6 Å². The van der Waals surface area contributed by atoms with Crippen molar-refractivity contribution < 1.29 is 4.79 Å². The Morgan fingerprint density at radius 1 is 1.19 bits per heavy atom. The number of thiophene rings is 1. The number of nitrogens with zero attached hydrogens (tertiary/aromatic N) is 5. The number of hydrogen-bond donors (Lipinski definition) is 1. The van der Waals surface area contributed by atoms with Crippen LogP contribution in [-0.2, 0) is 7.05 Å². The molecule has 0 aromatic carbocycles. The summed E-state index contributed by atoms with van der Waals surface area (Å²) in [5.41, 5.74) is 3.52. The molecule has 1 amide bonds. The van der Waals surface area contributed by atoms with Crippen LogP contribution in [0, 0.1) is 13.8 Å². The molecule has 4 heterocycles. The highest BCUT2D eigenvalue weighted by Crippen LogP contribution is 2.26. The van der Waals surface area contributed by atoms with E-state index < -0.39 is 0 Å². The van der Waals surface area contributed by atoms with Crippen molar-refractivity contribution in [3.63, 3.8) is 0 Å². The van der Waals surface area contributed by atoms with Gasteiger partial charge in [0.2, 0.25) is 5.95 Å². The zero-order valence-electron chi connectivity index (χ0n) is 15.7. The van der Waals surface area contributed by atoms with Gasteiger partial charge in [0.1, 0.15) is 11.4 Å². The van der Waals surface area contributed by atoms with Crippen LogP contribution < -0.4 is 10.2 Å². The molecular formula is C19H22N6OS. The molecule has 1 aliphatic rings. The predicted molar refractivity (Wildman–Crippen MR) is 107 cm³/mol. The average molecular weight is 382 g/mol. The lowest BCUT2D eigenvalue weighted by atomic mass is 10.2. The fraction of sp³-hybridized carbons (Fsp3) is 0.368. The Bertz CT molecular complexity index is 949. The van der Waals surface area contributed by atoms with E-state index in [1.54, 1.807) is 23.1 Å². The molecule has 0 unspecified atom stereocenters. The van der Waals surface area contributed by atoms with Gasteiger partial charge in [0.15, 0.2) is 0 Å². The van der Waals surface area contributed by atoms with Gasteiger partial charge in [-0.25, -0.2) is 9.97 Å². The Labute approximate surface area is 162 Å². The summed E-state index contributed by atoms with van der Waals surface area (Å²) in [5.74, 6) is 0.539. The number of aromatic nitrogens is 4. The Morgan fingerprint density at radius 3 is 2.52 bits per heavy atom. The predicted octanol–water partition coefficient (Wildman–Crippen LogP) is 3.41. The lowest BCUT2D eigenvalue weighted by Gasteiger charge is -2.18. The van der Waals surface area contributed by atoms with E-state index in [-0.39, 0.29) is 5.91 Å². The van der Waals surface area contributed by atoms with Crippen LogP contribution in [0.3, 0.4) is 0 Å². The van der Waals surface area contributed by atoms with E-state index in [0.717, 1.165) is 41.0 Å². The zero-order chi connectivity index (χ0) is 19.0. The fourth-order valence-electron chi connectivity index (χ4n) is 3.34. The maximum atomic E-state index is 12.8. The molecule has 7 nitrogen and oxygen atoms in total. The average Bonchev–Trinajstić information content (AvgIpc) is 3.38. The molecule has 1 aliphatic heterocycles. The van der Waals surface area contributed by atoms with E-state index >= 15 is 0 Å². The summed E-state index contributed by atoms with van der Waals surface area (Å²) in [4.78, 5) is 25.3. The topological polar surface area (TPSA) is 75.9 Å². The highest BCUT2D eigenvalue weighted by Gasteiger charge is 2.20. The summed E-state index contributed by atoms with van der Waals surface area (Å²) in [6.45, 7) is 5.80. The molecule has 140 valence electrons. The number of aryl methyl sites for hydroxylation is 3. The number of anilines is 2. The summed E-state index contributed by atoms with van der Waals surface area (Å²) in [6.07, 6.45) is 2.35. The fourth-order valence-corrected chi connectivity index (χ4v) is 4.02. The van der Waals surface area contributed by atoms with E-state index in [4.69, 9.17) is 0 Å². The molecule has 3 aromatic rings. The van der Waals surface area contributed by atoms with Crippen molar-refractivity contribution in [2.45, 2.75) is 26.7 Å². The van der Waals surface area contributed by atoms with Crippen molar-refractivity contribution >= 4 is 28.9 Å². The third kappa shape index (κ3) is 3.44. The summed E-state index contributed by atoms with van der Waals surface area (Å²) in [6, 6.07) is 5.78. The van der Waals surface area contributed by atoms with Gasteiger partial charge in [0.05, 0.1) is 22.0 Å². The number of rotatable bonds is 4. The molecule has 8 heteroatoms. The van der Waals surface area contributed by atoms with Gasteiger partial charge in [-0.1, -0.05) is 6.07 Å². The molecule has 0 bridgehead atoms. The Morgan fingerprint density at radius 2 is 1.89 bits per heavy atom. The number of carbonyl (C=O) groups excluding carboxylic acids is 1. The van der Waals surface area contributed by atoms with Crippen molar-refractivity contribution in [3.05, 3.63) is 40.7 Å². The standard InChI is InChI=1S/C19H22N6OS/c1-12-17(13(2)21-19(20-12)25-8-4-5-9-25)22-18(26)15-11-14(23-24(15)3)16-7-6-10-27-16/h6-7,10-11H,4-5,8-9H2,1-3H3,(H,22,26). The molecule has 1 fully saturated rings. The van der Waals surface area contributed by atoms with Gasteiger partial charge in [0, 0.05) is 20.1 Å². The zero-order valence-corrected chi connectivity index (χ0v) is 16.5. The van der Waals surface area contributed by atoms with Gasteiger partial charge in [-0.2, -0.15) is 5.10 Å².